The molecular formula is C37H26N2. The first-order valence-corrected chi connectivity index (χ1v) is 13.3. The van der Waals surface area contributed by atoms with Crippen molar-refractivity contribution in [3.05, 3.63) is 162 Å². The zero-order valence-electron chi connectivity index (χ0n) is 21.5. The highest BCUT2D eigenvalue weighted by atomic mass is 14.9. The first-order chi connectivity index (χ1) is 19.4. The standard InChI is InChI=1S/C37H26N2/c1-4-14-26(15-5-1)33-24-25-34(39-37(38-33)28-18-8-3-9-19-28)36-31-22-12-10-20-29(31)35(27-16-6-2-7-17-27)30-21-11-13-23-32(30)36/h1-24H,25H2. The summed E-state index contributed by atoms with van der Waals surface area (Å²) in [6.45, 7) is 0. The van der Waals surface area contributed by atoms with Crippen molar-refractivity contribution >= 4 is 38.8 Å². The summed E-state index contributed by atoms with van der Waals surface area (Å²) in [4.78, 5) is 10.4. The van der Waals surface area contributed by atoms with Gasteiger partial charge < -0.3 is 0 Å². The molecule has 1 aliphatic heterocycles. The fraction of sp³-hybridized carbons (Fsp3) is 0.0270. The molecule has 0 unspecified atom stereocenters. The second-order valence-corrected chi connectivity index (χ2v) is 9.73. The number of rotatable bonds is 4. The molecule has 2 heteroatoms. The van der Waals surface area contributed by atoms with Crippen LogP contribution in [0.1, 0.15) is 23.1 Å². The van der Waals surface area contributed by atoms with Gasteiger partial charge in [0.05, 0.1) is 11.4 Å². The predicted octanol–water partition coefficient (Wildman–Crippen LogP) is 9.34. The third kappa shape index (κ3) is 4.26. The van der Waals surface area contributed by atoms with Crippen molar-refractivity contribution in [2.24, 2.45) is 9.98 Å². The molecule has 0 fully saturated rings. The normalized spacial score (nSPS) is 13.5. The second kappa shape index (κ2) is 10.00. The lowest BCUT2D eigenvalue weighted by molar-refractivity contribution is 1.43. The maximum absolute atomic E-state index is 5.31. The van der Waals surface area contributed by atoms with Gasteiger partial charge in [0.15, 0.2) is 5.84 Å². The van der Waals surface area contributed by atoms with Crippen molar-refractivity contribution in [2.45, 2.75) is 6.42 Å². The number of hydrogen-bond acceptors (Lipinski definition) is 2. The van der Waals surface area contributed by atoms with E-state index < -0.39 is 0 Å². The molecule has 2 nitrogen and oxygen atoms in total. The van der Waals surface area contributed by atoms with E-state index in [1.807, 2.05) is 24.3 Å². The smallest absolute Gasteiger partial charge is 0.160 e. The summed E-state index contributed by atoms with van der Waals surface area (Å²) in [6, 6.07) is 48.8. The molecule has 0 spiro atoms. The molecule has 0 saturated heterocycles. The molecule has 39 heavy (non-hydrogen) atoms. The van der Waals surface area contributed by atoms with Crippen LogP contribution in [-0.4, -0.2) is 11.5 Å². The van der Waals surface area contributed by atoms with E-state index in [1.165, 1.54) is 38.2 Å². The van der Waals surface area contributed by atoms with Crippen LogP contribution in [0.5, 0.6) is 0 Å². The lowest BCUT2D eigenvalue weighted by atomic mass is 9.86. The third-order valence-electron chi connectivity index (χ3n) is 7.34. The van der Waals surface area contributed by atoms with E-state index in [0.29, 0.717) is 6.42 Å². The first kappa shape index (κ1) is 23.1. The minimum atomic E-state index is 0.683. The summed E-state index contributed by atoms with van der Waals surface area (Å²) in [5, 5.41) is 4.88. The summed E-state index contributed by atoms with van der Waals surface area (Å²) in [5.41, 5.74) is 7.73. The van der Waals surface area contributed by atoms with Crippen LogP contribution in [0.3, 0.4) is 0 Å². The number of nitrogens with zero attached hydrogens (tertiary/aromatic N) is 2. The Balaban J connectivity index is 1.52. The fourth-order valence-corrected chi connectivity index (χ4v) is 5.57. The number of hydrogen-bond donors (Lipinski definition) is 0. The Morgan fingerprint density at radius 1 is 0.385 bits per heavy atom. The van der Waals surface area contributed by atoms with Gasteiger partial charge in [0.25, 0.3) is 0 Å². The highest BCUT2D eigenvalue weighted by molar-refractivity contribution is 6.28. The Kier molecular flexibility index (Phi) is 5.91. The zero-order valence-corrected chi connectivity index (χ0v) is 21.5. The van der Waals surface area contributed by atoms with E-state index in [2.05, 4.69) is 121 Å². The molecule has 7 rings (SSSR count). The number of fused-ring (bicyclic) bond motifs is 2. The van der Waals surface area contributed by atoms with Crippen molar-refractivity contribution in [3.8, 4) is 11.1 Å². The number of benzene rings is 6. The van der Waals surface area contributed by atoms with Gasteiger partial charge in [0, 0.05) is 17.5 Å². The van der Waals surface area contributed by atoms with E-state index in [-0.39, 0.29) is 0 Å². The van der Waals surface area contributed by atoms with E-state index in [0.717, 1.165) is 28.4 Å². The van der Waals surface area contributed by atoms with Crippen LogP contribution in [0, 0.1) is 0 Å². The van der Waals surface area contributed by atoms with Crippen molar-refractivity contribution < 1.29 is 0 Å². The maximum Gasteiger partial charge on any atom is 0.160 e. The molecule has 0 radical (unpaired) electrons. The average Bonchev–Trinajstić information content (AvgIpc) is 3.24. The van der Waals surface area contributed by atoms with Gasteiger partial charge in [-0.25, -0.2) is 9.98 Å². The van der Waals surface area contributed by atoms with Crippen LogP contribution < -0.4 is 0 Å². The topological polar surface area (TPSA) is 24.7 Å². The quantitative estimate of drug-likeness (QED) is 0.216. The Bertz CT molecular complexity index is 1840. The second-order valence-electron chi connectivity index (χ2n) is 9.73. The fourth-order valence-electron chi connectivity index (χ4n) is 5.57. The number of allylic oxidation sites excluding steroid dienone is 1. The summed E-state index contributed by atoms with van der Waals surface area (Å²) in [5.74, 6) is 0.735. The van der Waals surface area contributed by atoms with Crippen molar-refractivity contribution in [3.63, 3.8) is 0 Å². The minimum Gasteiger partial charge on any atom is -0.232 e. The highest BCUT2D eigenvalue weighted by Crippen LogP contribution is 2.40. The molecule has 6 aromatic carbocycles. The van der Waals surface area contributed by atoms with Gasteiger partial charge in [-0.05, 0) is 38.2 Å². The van der Waals surface area contributed by atoms with E-state index >= 15 is 0 Å². The summed E-state index contributed by atoms with van der Waals surface area (Å²) in [6.07, 6.45) is 2.90. The molecule has 184 valence electrons. The molecule has 1 aliphatic rings. The molecular weight excluding hydrogens is 472 g/mol. The van der Waals surface area contributed by atoms with Crippen LogP contribution in [0.25, 0.3) is 38.4 Å². The molecule has 0 aliphatic carbocycles. The van der Waals surface area contributed by atoms with Gasteiger partial charge in [-0.1, -0.05) is 146 Å². The predicted molar refractivity (Wildman–Crippen MR) is 165 cm³/mol. The zero-order chi connectivity index (χ0) is 26.0. The Hall–Kier alpha value is -5.08. The number of amidine groups is 1. The minimum absolute atomic E-state index is 0.683. The van der Waals surface area contributed by atoms with Crippen molar-refractivity contribution in [2.75, 3.05) is 0 Å². The highest BCUT2D eigenvalue weighted by Gasteiger charge is 2.20. The lowest BCUT2D eigenvalue weighted by Gasteiger charge is -2.18. The maximum atomic E-state index is 5.31. The third-order valence-corrected chi connectivity index (χ3v) is 7.34. The Labute approximate surface area is 228 Å². The largest absolute Gasteiger partial charge is 0.232 e. The molecule has 0 amide bonds. The Morgan fingerprint density at radius 3 is 1.36 bits per heavy atom. The molecule has 1 heterocycles. The van der Waals surface area contributed by atoms with E-state index in [9.17, 15) is 0 Å². The summed E-state index contributed by atoms with van der Waals surface area (Å²) < 4.78 is 0. The van der Waals surface area contributed by atoms with Crippen molar-refractivity contribution in [1.82, 2.24) is 0 Å². The van der Waals surface area contributed by atoms with Gasteiger partial charge >= 0.3 is 0 Å². The van der Waals surface area contributed by atoms with Crippen molar-refractivity contribution in [1.29, 1.82) is 0 Å². The van der Waals surface area contributed by atoms with Crippen LogP contribution in [0.4, 0.5) is 0 Å². The van der Waals surface area contributed by atoms with E-state index in [1.54, 1.807) is 0 Å². The molecule has 0 atom stereocenters. The molecule has 0 bridgehead atoms. The first-order valence-electron chi connectivity index (χ1n) is 13.3. The summed E-state index contributed by atoms with van der Waals surface area (Å²) in [7, 11) is 0. The van der Waals surface area contributed by atoms with Gasteiger partial charge in [0.1, 0.15) is 0 Å². The molecule has 0 saturated carbocycles. The van der Waals surface area contributed by atoms with Gasteiger partial charge in [-0.2, -0.15) is 0 Å². The molecule has 6 aromatic rings. The monoisotopic (exact) mass is 498 g/mol. The summed E-state index contributed by atoms with van der Waals surface area (Å²) >= 11 is 0. The Morgan fingerprint density at radius 2 is 0.821 bits per heavy atom. The van der Waals surface area contributed by atoms with Gasteiger partial charge in [-0.15, -0.1) is 0 Å². The molecule has 0 aromatic heterocycles. The van der Waals surface area contributed by atoms with Crippen LogP contribution >= 0.6 is 0 Å². The average molecular weight is 499 g/mol. The SMILES string of the molecule is C1=C(c2ccccc2)N=C(c2ccccc2)N=C(c2c3ccccc3c(-c3ccccc3)c3ccccc23)C1. The van der Waals surface area contributed by atoms with Crippen LogP contribution in [-0.2, 0) is 0 Å². The molecule has 0 N–H and O–H groups in total. The lowest BCUT2D eigenvalue weighted by Crippen LogP contribution is -2.07. The van der Waals surface area contributed by atoms with E-state index in [4.69, 9.17) is 9.98 Å². The van der Waals surface area contributed by atoms with Gasteiger partial charge in [-0.3, -0.25) is 0 Å². The van der Waals surface area contributed by atoms with Crippen LogP contribution in [0.15, 0.2) is 156 Å². The van der Waals surface area contributed by atoms with Gasteiger partial charge in [0.2, 0.25) is 0 Å². The van der Waals surface area contributed by atoms with Crippen LogP contribution in [0.2, 0.25) is 0 Å². The number of aliphatic imine (C=N–C) groups is 2.